The van der Waals surface area contributed by atoms with Crippen LogP contribution in [-0.2, 0) is 11.2 Å². The number of aromatic nitrogens is 1. The van der Waals surface area contributed by atoms with Crippen molar-refractivity contribution in [2.75, 3.05) is 5.32 Å². The molecule has 0 fully saturated rings. The van der Waals surface area contributed by atoms with E-state index >= 15 is 0 Å². The van der Waals surface area contributed by atoms with E-state index in [1.807, 2.05) is 26.0 Å². The summed E-state index contributed by atoms with van der Waals surface area (Å²) in [6.45, 7) is 4.02. The third-order valence-electron chi connectivity index (χ3n) is 2.79. The largest absolute Gasteiger partial charge is 0.302 e. The van der Waals surface area contributed by atoms with Crippen LogP contribution in [0, 0.1) is 5.92 Å². The lowest BCUT2D eigenvalue weighted by Gasteiger charge is -2.04. The van der Waals surface area contributed by atoms with Gasteiger partial charge < -0.3 is 5.32 Å². The minimum atomic E-state index is -0.00770. The van der Waals surface area contributed by atoms with Crippen molar-refractivity contribution in [2.45, 2.75) is 26.7 Å². The first-order chi connectivity index (χ1) is 9.95. The number of anilines is 1. The molecule has 3 nitrogen and oxygen atoms in total. The quantitative estimate of drug-likeness (QED) is 0.828. The minimum absolute atomic E-state index is 0.00770. The Bertz CT molecular complexity index is 640. The van der Waals surface area contributed by atoms with Crippen LogP contribution < -0.4 is 5.32 Å². The Hall–Kier alpha value is -1.10. The molecule has 0 unspecified atom stereocenters. The maximum atomic E-state index is 11.7. The summed E-state index contributed by atoms with van der Waals surface area (Å²) in [5.74, 6) is 0.321. The SMILES string of the molecule is CC(C)CC(=O)Nc1ncc(Cc2cccc(Cl)c2Cl)s1. The van der Waals surface area contributed by atoms with Gasteiger partial charge in [0.05, 0.1) is 10.0 Å². The highest BCUT2D eigenvalue weighted by Crippen LogP contribution is 2.29. The standard InChI is InChI=1S/C15H16Cl2N2OS/c1-9(2)6-13(20)19-15-18-8-11(21-15)7-10-4-3-5-12(16)14(10)17/h3-5,8-9H,6-7H2,1-2H3,(H,18,19,20). The topological polar surface area (TPSA) is 42.0 Å². The van der Waals surface area contributed by atoms with Crippen LogP contribution >= 0.6 is 34.5 Å². The number of amides is 1. The van der Waals surface area contributed by atoms with E-state index in [2.05, 4.69) is 10.3 Å². The van der Waals surface area contributed by atoms with E-state index in [0.29, 0.717) is 33.9 Å². The molecule has 1 N–H and O–H groups in total. The van der Waals surface area contributed by atoms with Gasteiger partial charge in [-0.15, -0.1) is 11.3 Å². The molecule has 2 aromatic rings. The van der Waals surface area contributed by atoms with Crippen molar-refractivity contribution >= 4 is 45.6 Å². The Labute approximate surface area is 138 Å². The van der Waals surface area contributed by atoms with Crippen LogP contribution in [0.4, 0.5) is 5.13 Å². The molecule has 0 atom stereocenters. The molecule has 1 aromatic heterocycles. The average Bonchev–Trinajstić information content (AvgIpc) is 2.81. The van der Waals surface area contributed by atoms with Gasteiger partial charge in [0.2, 0.25) is 5.91 Å². The van der Waals surface area contributed by atoms with Crippen molar-refractivity contribution in [3.05, 3.63) is 44.9 Å². The lowest BCUT2D eigenvalue weighted by molar-refractivity contribution is -0.116. The lowest BCUT2D eigenvalue weighted by atomic mass is 10.1. The Morgan fingerprint density at radius 1 is 1.38 bits per heavy atom. The number of thiazole rings is 1. The summed E-state index contributed by atoms with van der Waals surface area (Å²) in [6, 6.07) is 5.57. The molecule has 112 valence electrons. The van der Waals surface area contributed by atoms with E-state index in [9.17, 15) is 4.79 Å². The Morgan fingerprint density at radius 3 is 2.86 bits per heavy atom. The van der Waals surface area contributed by atoms with Crippen molar-refractivity contribution in [3.8, 4) is 0 Å². The highest BCUT2D eigenvalue weighted by Gasteiger charge is 2.10. The van der Waals surface area contributed by atoms with Crippen LogP contribution in [0.3, 0.4) is 0 Å². The van der Waals surface area contributed by atoms with Gasteiger partial charge in [0.15, 0.2) is 5.13 Å². The van der Waals surface area contributed by atoms with E-state index in [-0.39, 0.29) is 5.91 Å². The molecule has 0 aliphatic rings. The molecule has 1 aromatic carbocycles. The van der Waals surface area contributed by atoms with Crippen molar-refractivity contribution in [1.82, 2.24) is 4.98 Å². The van der Waals surface area contributed by atoms with Gasteiger partial charge >= 0.3 is 0 Å². The number of rotatable bonds is 5. The minimum Gasteiger partial charge on any atom is -0.302 e. The van der Waals surface area contributed by atoms with Crippen molar-refractivity contribution in [3.63, 3.8) is 0 Å². The van der Waals surface area contributed by atoms with Gasteiger partial charge in [-0.1, -0.05) is 49.2 Å². The molecule has 0 bridgehead atoms. The third-order valence-corrected chi connectivity index (χ3v) is 4.56. The molecule has 1 heterocycles. The highest BCUT2D eigenvalue weighted by molar-refractivity contribution is 7.15. The fraction of sp³-hybridized carbons (Fsp3) is 0.333. The summed E-state index contributed by atoms with van der Waals surface area (Å²) >= 11 is 13.6. The average molecular weight is 343 g/mol. The van der Waals surface area contributed by atoms with Crippen molar-refractivity contribution < 1.29 is 4.79 Å². The number of nitrogens with zero attached hydrogens (tertiary/aromatic N) is 1. The molecule has 0 saturated heterocycles. The third kappa shape index (κ3) is 4.70. The van der Waals surface area contributed by atoms with Gasteiger partial charge in [-0.25, -0.2) is 4.98 Å². The first kappa shape index (κ1) is 16.3. The van der Waals surface area contributed by atoms with E-state index in [0.717, 1.165) is 10.4 Å². The summed E-state index contributed by atoms with van der Waals surface area (Å²) < 4.78 is 0. The summed E-state index contributed by atoms with van der Waals surface area (Å²) in [5, 5.41) is 4.55. The molecule has 0 spiro atoms. The second-order valence-corrected chi connectivity index (χ2v) is 7.07. The highest BCUT2D eigenvalue weighted by atomic mass is 35.5. The van der Waals surface area contributed by atoms with Crippen LogP contribution in [0.25, 0.3) is 0 Å². The van der Waals surface area contributed by atoms with E-state index in [1.54, 1.807) is 12.3 Å². The number of nitrogens with one attached hydrogen (secondary N) is 1. The zero-order valence-electron chi connectivity index (χ0n) is 11.8. The van der Waals surface area contributed by atoms with Crippen LogP contribution in [0.15, 0.2) is 24.4 Å². The number of carbonyl (C=O) groups is 1. The molecule has 6 heteroatoms. The summed E-state index contributed by atoms with van der Waals surface area (Å²) in [7, 11) is 0. The first-order valence-corrected chi connectivity index (χ1v) is 8.20. The number of carbonyl (C=O) groups excluding carboxylic acids is 1. The van der Waals surface area contributed by atoms with E-state index in [1.165, 1.54) is 11.3 Å². The van der Waals surface area contributed by atoms with Crippen LogP contribution in [-0.4, -0.2) is 10.9 Å². The monoisotopic (exact) mass is 342 g/mol. The normalized spacial score (nSPS) is 10.9. The van der Waals surface area contributed by atoms with Crippen LogP contribution in [0.5, 0.6) is 0 Å². The van der Waals surface area contributed by atoms with Gasteiger partial charge in [0, 0.05) is 23.9 Å². The van der Waals surface area contributed by atoms with E-state index in [4.69, 9.17) is 23.2 Å². The second-order valence-electron chi connectivity index (χ2n) is 5.17. The van der Waals surface area contributed by atoms with Crippen LogP contribution in [0.1, 0.15) is 30.7 Å². The second kappa shape index (κ2) is 7.25. The van der Waals surface area contributed by atoms with Gasteiger partial charge in [-0.2, -0.15) is 0 Å². The predicted molar refractivity (Wildman–Crippen MR) is 89.5 cm³/mol. The lowest BCUT2D eigenvalue weighted by Crippen LogP contribution is -2.13. The van der Waals surface area contributed by atoms with Gasteiger partial charge in [-0.3, -0.25) is 4.79 Å². The summed E-state index contributed by atoms with van der Waals surface area (Å²) in [5.41, 5.74) is 0.952. The Morgan fingerprint density at radius 2 is 2.14 bits per heavy atom. The number of hydrogen-bond acceptors (Lipinski definition) is 3. The Kier molecular flexibility index (Phi) is 5.62. The van der Waals surface area contributed by atoms with Crippen molar-refractivity contribution in [2.24, 2.45) is 5.92 Å². The number of hydrogen-bond donors (Lipinski definition) is 1. The molecular weight excluding hydrogens is 327 g/mol. The molecule has 0 aliphatic heterocycles. The van der Waals surface area contributed by atoms with Crippen LogP contribution in [0.2, 0.25) is 10.0 Å². The van der Waals surface area contributed by atoms with Gasteiger partial charge in [-0.05, 0) is 17.5 Å². The van der Waals surface area contributed by atoms with Gasteiger partial charge in [0.1, 0.15) is 0 Å². The Balaban J connectivity index is 2.03. The molecule has 21 heavy (non-hydrogen) atoms. The molecular formula is C15H16Cl2N2OS. The smallest absolute Gasteiger partial charge is 0.226 e. The van der Waals surface area contributed by atoms with Crippen molar-refractivity contribution in [1.29, 1.82) is 0 Å². The molecule has 0 radical (unpaired) electrons. The van der Waals surface area contributed by atoms with Gasteiger partial charge in [0.25, 0.3) is 0 Å². The number of benzene rings is 1. The maximum absolute atomic E-state index is 11.7. The zero-order chi connectivity index (χ0) is 15.4. The molecule has 0 aliphatic carbocycles. The molecule has 2 rings (SSSR count). The zero-order valence-corrected chi connectivity index (χ0v) is 14.1. The summed E-state index contributed by atoms with van der Waals surface area (Å²) in [6.07, 6.45) is 2.90. The van der Waals surface area contributed by atoms with E-state index < -0.39 is 0 Å². The summed E-state index contributed by atoms with van der Waals surface area (Å²) in [4.78, 5) is 17.0. The maximum Gasteiger partial charge on any atom is 0.226 e. The fourth-order valence-electron chi connectivity index (χ4n) is 1.86. The molecule has 1 amide bonds. The molecule has 0 saturated carbocycles. The number of halogens is 2. The fourth-order valence-corrected chi connectivity index (χ4v) is 3.10. The predicted octanol–water partition coefficient (Wildman–Crippen LogP) is 5.03. The first-order valence-electron chi connectivity index (χ1n) is 6.63.